The van der Waals surface area contributed by atoms with Gasteiger partial charge < -0.3 is 5.32 Å². The maximum Gasteiger partial charge on any atom is 0.278 e. The van der Waals surface area contributed by atoms with Gasteiger partial charge in [-0.25, -0.2) is 26.3 Å². The van der Waals surface area contributed by atoms with E-state index in [1.165, 1.54) is 21.4 Å². The summed E-state index contributed by atoms with van der Waals surface area (Å²) in [6.45, 7) is 13.0. The van der Waals surface area contributed by atoms with Gasteiger partial charge >= 0.3 is 0 Å². The molecule has 1 nitrogen and oxygen atoms in total. The lowest BCUT2D eigenvalue weighted by Crippen LogP contribution is -2.34. The number of rotatable bonds is 7. The summed E-state index contributed by atoms with van der Waals surface area (Å²) in [6.07, 6.45) is -0.0388. The predicted molar refractivity (Wildman–Crippen MR) is 140 cm³/mol. The molecule has 1 saturated carbocycles. The molecule has 1 aliphatic rings. The molecule has 2 aromatic carbocycles. The molecule has 36 heavy (non-hydrogen) atoms. The highest BCUT2D eigenvalue weighted by Gasteiger charge is 2.46. The summed E-state index contributed by atoms with van der Waals surface area (Å²) < 4.78 is 80.0. The Kier molecular flexibility index (Phi) is 9.95. The molecule has 1 aliphatic carbocycles. The number of aryl methyl sites for hydroxylation is 2. The number of nitrogens with one attached hydrogen (secondary N) is 1. The SMILES string of the molecule is CCC(Nc1cc(C)c(C(C)C)c(F)c1)C(F)(F)P.Cc1cc(C2CC(F)(F)C2)cc(F)c1C(C)C. The molecule has 8 heteroatoms. The van der Waals surface area contributed by atoms with Gasteiger partial charge in [-0.3, -0.25) is 0 Å². The minimum absolute atomic E-state index is 0.0687. The molecular weight excluding hydrogens is 495 g/mol. The second-order valence-corrected chi connectivity index (χ2v) is 11.2. The van der Waals surface area contributed by atoms with Crippen molar-refractivity contribution in [2.75, 3.05) is 5.32 Å². The molecule has 0 saturated heterocycles. The molecule has 2 unspecified atom stereocenters. The molecule has 1 N–H and O–H groups in total. The first-order valence-corrected chi connectivity index (χ1v) is 13.0. The van der Waals surface area contributed by atoms with E-state index in [0.29, 0.717) is 16.8 Å². The van der Waals surface area contributed by atoms with Crippen molar-refractivity contribution in [3.63, 3.8) is 0 Å². The Hall–Kier alpha value is -1.75. The first-order valence-electron chi connectivity index (χ1n) is 12.4. The molecule has 0 aliphatic heterocycles. The molecule has 0 amide bonds. The average molecular weight is 534 g/mol. The van der Waals surface area contributed by atoms with Crippen molar-refractivity contribution in [1.82, 2.24) is 0 Å². The molecule has 0 heterocycles. The lowest BCUT2D eigenvalue weighted by atomic mass is 9.76. The van der Waals surface area contributed by atoms with Crippen molar-refractivity contribution in [2.45, 2.75) is 103 Å². The normalized spacial score (nSPS) is 16.4. The monoisotopic (exact) mass is 533 g/mol. The summed E-state index contributed by atoms with van der Waals surface area (Å²) in [4.78, 5) is 0. The molecule has 0 radical (unpaired) electrons. The van der Waals surface area contributed by atoms with Crippen LogP contribution in [0.1, 0.15) is 99.5 Å². The Morgan fingerprint density at radius 1 is 0.917 bits per heavy atom. The second-order valence-electron chi connectivity index (χ2n) is 10.5. The molecule has 3 rings (SSSR count). The third-order valence-electron chi connectivity index (χ3n) is 6.63. The molecule has 2 atom stereocenters. The summed E-state index contributed by atoms with van der Waals surface area (Å²) in [6, 6.07) is 5.28. The fourth-order valence-corrected chi connectivity index (χ4v) is 5.21. The lowest BCUT2D eigenvalue weighted by molar-refractivity contribution is -0.0868. The van der Waals surface area contributed by atoms with Crippen LogP contribution in [0.15, 0.2) is 24.3 Å². The number of halogens is 6. The zero-order valence-corrected chi connectivity index (χ0v) is 23.2. The lowest BCUT2D eigenvalue weighted by Gasteiger charge is -2.35. The van der Waals surface area contributed by atoms with Crippen LogP contribution in [0.2, 0.25) is 0 Å². The quantitative estimate of drug-likeness (QED) is 0.276. The van der Waals surface area contributed by atoms with Gasteiger partial charge in [0.15, 0.2) is 0 Å². The summed E-state index contributed by atoms with van der Waals surface area (Å²) in [5, 5.41) is 2.71. The first-order chi connectivity index (χ1) is 16.5. The Bertz CT molecular complexity index is 991. The van der Waals surface area contributed by atoms with E-state index in [9.17, 15) is 26.3 Å². The van der Waals surface area contributed by atoms with Gasteiger partial charge in [0.2, 0.25) is 5.92 Å². The fourth-order valence-electron chi connectivity index (χ4n) is 4.89. The van der Waals surface area contributed by atoms with Crippen LogP contribution in [0.4, 0.5) is 32.0 Å². The largest absolute Gasteiger partial charge is 0.376 e. The van der Waals surface area contributed by atoms with E-state index in [4.69, 9.17) is 0 Å². The number of hydrogen-bond donors (Lipinski definition) is 1. The van der Waals surface area contributed by atoms with Crippen LogP contribution < -0.4 is 5.32 Å². The van der Waals surface area contributed by atoms with Crippen molar-refractivity contribution in [1.29, 1.82) is 0 Å². The Morgan fingerprint density at radius 2 is 1.39 bits per heavy atom. The van der Waals surface area contributed by atoms with E-state index < -0.39 is 17.6 Å². The summed E-state index contributed by atoms with van der Waals surface area (Å²) in [5.74, 6) is -3.15. The second kappa shape index (κ2) is 11.8. The zero-order chi connectivity index (χ0) is 27.6. The summed E-state index contributed by atoms with van der Waals surface area (Å²) in [7, 11) is 1.53. The van der Waals surface area contributed by atoms with Crippen molar-refractivity contribution in [3.8, 4) is 0 Å². The number of hydrogen-bond acceptors (Lipinski definition) is 1. The Morgan fingerprint density at radius 3 is 1.75 bits per heavy atom. The number of alkyl halides is 4. The van der Waals surface area contributed by atoms with E-state index in [0.717, 1.165) is 16.7 Å². The van der Waals surface area contributed by atoms with Crippen LogP contribution in [0.25, 0.3) is 0 Å². The van der Waals surface area contributed by atoms with E-state index in [2.05, 4.69) is 5.32 Å². The summed E-state index contributed by atoms with van der Waals surface area (Å²) >= 11 is 0. The standard InChI is InChI=1S/C14H21F3NP.C14H17F3/c1-5-12(14(16,17)19)18-10-6-9(4)13(8(2)3)11(15)7-10;1-8(2)13-9(3)4-10(5-12(13)15)11-6-14(16,17)7-11/h6-8,12,18H,5,19H2,1-4H3;4-5,8,11H,6-7H2,1-3H3. The van der Waals surface area contributed by atoms with Crippen LogP contribution in [-0.4, -0.2) is 17.6 Å². The zero-order valence-electron chi connectivity index (χ0n) is 22.1. The van der Waals surface area contributed by atoms with Gasteiger partial charge in [0.25, 0.3) is 5.66 Å². The van der Waals surface area contributed by atoms with Gasteiger partial charge in [0.1, 0.15) is 11.6 Å². The Labute approximate surface area is 213 Å². The Balaban J connectivity index is 0.000000255. The third kappa shape index (κ3) is 7.63. The van der Waals surface area contributed by atoms with Gasteiger partial charge in [-0.15, -0.1) is 0 Å². The van der Waals surface area contributed by atoms with Crippen molar-refractivity contribution in [3.05, 3.63) is 63.7 Å². The minimum atomic E-state index is -2.92. The molecule has 0 aromatic heterocycles. The highest BCUT2D eigenvalue weighted by atomic mass is 31.0. The van der Waals surface area contributed by atoms with Crippen LogP contribution in [-0.2, 0) is 0 Å². The van der Waals surface area contributed by atoms with Crippen LogP contribution in [0, 0.1) is 25.5 Å². The van der Waals surface area contributed by atoms with Gasteiger partial charge in [0, 0.05) is 18.5 Å². The molecular formula is C28H38F6NP. The molecule has 0 bridgehead atoms. The topological polar surface area (TPSA) is 12.0 Å². The highest BCUT2D eigenvalue weighted by Crippen LogP contribution is 2.48. The predicted octanol–water partition coefficient (Wildman–Crippen LogP) is 9.69. The van der Waals surface area contributed by atoms with E-state index in [-0.39, 0.29) is 48.7 Å². The minimum Gasteiger partial charge on any atom is -0.376 e. The highest BCUT2D eigenvalue weighted by molar-refractivity contribution is 7.18. The first kappa shape index (κ1) is 30.5. The van der Waals surface area contributed by atoms with Crippen molar-refractivity contribution >= 4 is 14.9 Å². The van der Waals surface area contributed by atoms with Gasteiger partial charge in [-0.2, -0.15) is 0 Å². The van der Waals surface area contributed by atoms with Gasteiger partial charge in [0.05, 0.1) is 6.04 Å². The molecule has 1 fully saturated rings. The third-order valence-corrected chi connectivity index (χ3v) is 7.03. The van der Waals surface area contributed by atoms with Crippen molar-refractivity contribution < 1.29 is 26.3 Å². The molecule has 202 valence electrons. The summed E-state index contributed by atoms with van der Waals surface area (Å²) in [5.41, 5.74) is 1.17. The van der Waals surface area contributed by atoms with E-state index in [1.54, 1.807) is 19.9 Å². The van der Waals surface area contributed by atoms with Gasteiger partial charge in [-0.1, -0.05) is 49.9 Å². The maximum atomic E-state index is 14.0. The van der Waals surface area contributed by atoms with E-state index >= 15 is 0 Å². The van der Waals surface area contributed by atoms with Crippen LogP contribution in [0.5, 0.6) is 0 Å². The number of benzene rings is 2. The van der Waals surface area contributed by atoms with E-state index in [1.807, 2.05) is 40.7 Å². The fraction of sp³-hybridized carbons (Fsp3) is 0.571. The smallest absolute Gasteiger partial charge is 0.278 e. The molecule has 2 aromatic rings. The maximum absolute atomic E-state index is 14.0. The average Bonchev–Trinajstić information content (AvgIpc) is 2.68. The van der Waals surface area contributed by atoms with Crippen LogP contribution >= 0.6 is 9.24 Å². The van der Waals surface area contributed by atoms with Crippen molar-refractivity contribution in [2.24, 2.45) is 0 Å². The molecule has 0 spiro atoms. The van der Waals surface area contributed by atoms with Gasteiger partial charge in [-0.05, 0) is 84.0 Å². The number of anilines is 1. The van der Waals surface area contributed by atoms with Crippen LogP contribution in [0.3, 0.4) is 0 Å².